The number of carbonyl (C=O) groups is 1. The van der Waals surface area contributed by atoms with Gasteiger partial charge in [0.1, 0.15) is 5.82 Å². The molecule has 0 aromatic heterocycles. The van der Waals surface area contributed by atoms with Gasteiger partial charge in [0.25, 0.3) is 0 Å². The van der Waals surface area contributed by atoms with Crippen molar-refractivity contribution in [3.8, 4) is 0 Å². The highest BCUT2D eigenvalue weighted by Crippen LogP contribution is 2.30. The van der Waals surface area contributed by atoms with Crippen LogP contribution in [0.25, 0.3) is 0 Å². The van der Waals surface area contributed by atoms with Crippen LogP contribution in [0.4, 0.5) is 10.1 Å². The minimum Gasteiger partial charge on any atom is -0.479 e. The Morgan fingerprint density at radius 3 is 2.45 bits per heavy atom. The Kier molecular flexibility index (Phi) is 4.03. The molecule has 0 heterocycles. The van der Waals surface area contributed by atoms with E-state index in [2.05, 4.69) is 5.32 Å². The van der Waals surface area contributed by atoms with Gasteiger partial charge in [-0.25, -0.2) is 9.18 Å². The largest absolute Gasteiger partial charge is 0.479 e. The summed E-state index contributed by atoms with van der Waals surface area (Å²) in [6, 6.07) is 14.7. The molecular weight excluding hydrogens is 257 g/mol. The number of rotatable bonds is 5. The molecule has 0 spiro atoms. The third kappa shape index (κ3) is 2.64. The predicted octanol–water partition coefficient (Wildman–Crippen LogP) is 3.63. The normalized spacial score (nSPS) is 13.5. The molecule has 0 saturated heterocycles. The number of carboxylic acid groups (broad SMARTS) is 1. The van der Waals surface area contributed by atoms with Crippen molar-refractivity contribution in [2.75, 3.05) is 5.32 Å². The molecule has 20 heavy (non-hydrogen) atoms. The zero-order valence-electron chi connectivity index (χ0n) is 11.1. The molecule has 0 aliphatic carbocycles. The Morgan fingerprint density at radius 2 is 1.90 bits per heavy atom. The smallest absolute Gasteiger partial charge is 0.334 e. The first-order chi connectivity index (χ1) is 9.58. The molecule has 104 valence electrons. The van der Waals surface area contributed by atoms with Crippen molar-refractivity contribution in [1.29, 1.82) is 0 Å². The Hall–Kier alpha value is -2.36. The molecule has 2 aromatic carbocycles. The first-order valence-electron chi connectivity index (χ1n) is 6.41. The van der Waals surface area contributed by atoms with Gasteiger partial charge in [0, 0.05) is 5.69 Å². The van der Waals surface area contributed by atoms with Crippen LogP contribution < -0.4 is 5.32 Å². The van der Waals surface area contributed by atoms with Gasteiger partial charge >= 0.3 is 5.97 Å². The molecule has 0 aliphatic heterocycles. The van der Waals surface area contributed by atoms with Crippen molar-refractivity contribution in [2.45, 2.75) is 18.9 Å². The summed E-state index contributed by atoms with van der Waals surface area (Å²) in [6.45, 7) is 1.76. The number of benzene rings is 2. The lowest BCUT2D eigenvalue weighted by molar-refractivity contribution is -0.142. The number of halogens is 1. The number of aliphatic carboxylic acids is 1. The van der Waals surface area contributed by atoms with E-state index in [1.807, 2.05) is 18.2 Å². The van der Waals surface area contributed by atoms with Crippen molar-refractivity contribution in [3.05, 3.63) is 66.0 Å². The number of carboxylic acids is 1. The summed E-state index contributed by atoms with van der Waals surface area (Å²) in [7, 11) is 0. The molecule has 2 N–H and O–H groups in total. The van der Waals surface area contributed by atoms with Crippen LogP contribution >= 0.6 is 0 Å². The molecule has 0 fully saturated rings. The highest BCUT2D eigenvalue weighted by atomic mass is 19.1. The Bertz CT molecular complexity index is 600. The van der Waals surface area contributed by atoms with E-state index in [-0.39, 0.29) is 0 Å². The summed E-state index contributed by atoms with van der Waals surface area (Å²) in [5.74, 6) is -1.48. The van der Waals surface area contributed by atoms with Gasteiger partial charge in [-0.05, 0) is 36.2 Å². The third-order valence-electron chi connectivity index (χ3n) is 3.34. The minimum absolute atomic E-state index is 0.292. The third-order valence-corrected chi connectivity index (χ3v) is 3.34. The highest BCUT2D eigenvalue weighted by Gasteiger charge is 2.38. The molecule has 1 atom stereocenters. The first kappa shape index (κ1) is 14.1. The van der Waals surface area contributed by atoms with Gasteiger partial charge in [-0.15, -0.1) is 0 Å². The van der Waals surface area contributed by atoms with Gasteiger partial charge in [0.2, 0.25) is 0 Å². The van der Waals surface area contributed by atoms with E-state index >= 15 is 0 Å². The molecule has 0 radical (unpaired) electrons. The molecule has 4 heteroatoms. The standard InChI is InChI=1S/C16H16FNO2/c1-2-16(15(19)20,12-7-6-8-13(17)11-12)18-14-9-4-3-5-10-14/h3-11,18H,2H2,1H3,(H,19,20). The van der Waals surface area contributed by atoms with Gasteiger partial charge in [0.15, 0.2) is 5.54 Å². The van der Waals surface area contributed by atoms with Crippen LogP contribution in [0.15, 0.2) is 54.6 Å². The molecule has 3 nitrogen and oxygen atoms in total. The lowest BCUT2D eigenvalue weighted by Gasteiger charge is -2.31. The molecule has 0 saturated carbocycles. The van der Waals surface area contributed by atoms with Crippen LogP contribution in [0.1, 0.15) is 18.9 Å². The predicted molar refractivity (Wildman–Crippen MR) is 76.1 cm³/mol. The van der Waals surface area contributed by atoms with E-state index in [4.69, 9.17) is 0 Å². The van der Waals surface area contributed by atoms with Crippen molar-refractivity contribution >= 4 is 11.7 Å². The topological polar surface area (TPSA) is 49.3 Å². The Morgan fingerprint density at radius 1 is 1.20 bits per heavy atom. The quantitative estimate of drug-likeness (QED) is 0.874. The van der Waals surface area contributed by atoms with Crippen LogP contribution in [0.5, 0.6) is 0 Å². The van der Waals surface area contributed by atoms with Crippen LogP contribution in [0, 0.1) is 5.82 Å². The zero-order valence-corrected chi connectivity index (χ0v) is 11.1. The second-order valence-corrected chi connectivity index (χ2v) is 4.57. The van der Waals surface area contributed by atoms with Gasteiger partial charge in [0.05, 0.1) is 0 Å². The molecule has 1 unspecified atom stereocenters. The van der Waals surface area contributed by atoms with E-state index in [1.54, 1.807) is 25.1 Å². The monoisotopic (exact) mass is 273 g/mol. The van der Waals surface area contributed by atoms with Crippen LogP contribution in [0.3, 0.4) is 0 Å². The van der Waals surface area contributed by atoms with E-state index in [9.17, 15) is 14.3 Å². The summed E-state index contributed by atoms with van der Waals surface area (Å²) < 4.78 is 13.4. The van der Waals surface area contributed by atoms with Crippen molar-refractivity contribution in [3.63, 3.8) is 0 Å². The van der Waals surface area contributed by atoms with E-state index in [0.29, 0.717) is 17.7 Å². The lowest BCUT2D eigenvalue weighted by Crippen LogP contribution is -2.43. The summed E-state index contributed by atoms with van der Waals surface area (Å²) in [5.41, 5.74) is -0.263. The van der Waals surface area contributed by atoms with Gasteiger partial charge in [-0.3, -0.25) is 0 Å². The number of anilines is 1. The fraction of sp³-hybridized carbons (Fsp3) is 0.188. The zero-order chi connectivity index (χ0) is 14.6. The summed E-state index contributed by atoms with van der Waals surface area (Å²) in [5, 5.41) is 12.7. The number of para-hydroxylation sites is 1. The number of hydrogen-bond donors (Lipinski definition) is 2. The average Bonchev–Trinajstić information content (AvgIpc) is 2.45. The molecule has 2 aromatic rings. The molecule has 0 aliphatic rings. The first-order valence-corrected chi connectivity index (χ1v) is 6.41. The summed E-state index contributed by atoms with van der Waals surface area (Å²) >= 11 is 0. The SMILES string of the molecule is CCC(Nc1ccccc1)(C(=O)O)c1cccc(F)c1. The van der Waals surface area contributed by atoms with Crippen molar-refractivity contribution < 1.29 is 14.3 Å². The molecule has 2 rings (SSSR count). The minimum atomic E-state index is -1.34. The maximum absolute atomic E-state index is 13.4. The molecule has 0 amide bonds. The summed E-state index contributed by atoms with van der Waals surface area (Å²) in [4.78, 5) is 11.8. The Labute approximate surface area is 117 Å². The second-order valence-electron chi connectivity index (χ2n) is 4.57. The molecular formula is C16H16FNO2. The van der Waals surface area contributed by atoms with Gasteiger partial charge < -0.3 is 10.4 Å². The molecule has 0 bridgehead atoms. The van der Waals surface area contributed by atoms with E-state index < -0.39 is 17.3 Å². The van der Waals surface area contributed by atoms with Crippen LogP contribution in [-0.2, 0) is 10.3 Å². The van der Waals surface area contributed by atoms with Crippen LogP contribution in [-0.4, -0.2) is 11.1 Å². The maximum Gasteiger partial charge on any atom is 0.334 e. The second kappa shape index (κ2) is 5.74. The fourth-order valence-electron chi connectivity index (χ4n) is 2.21. The van der Waals surface area contributed by atoms with Gasteiger partial charge in [-0.1, -0.05) is 37.3 Å². The van der Waals surface area contributed by atoms with Crippen LogP contribution in [0.2, 0.25) is 0 Å². The maximum atomic E-state index is 13.4. The van der Waals surface area contributed by atoms with Gasteiger partial charge in [-0.2, -0.15) is 0 Å². The van der Waals surface area contributed by atoms with E-state index in [0.717, 1.165) is 0 Å². The highest BCUT2D eigenvalue weighted by molar-refractivity contribution is 5.84. The van der Waals surface area contributed by atoms with Crippen molar-refractivity contribution in [2.24, 2.45) is 0 Å². The average molecular weight is 273 g/mol. The number of nitrogens with one attached hydrogen (secondary N) is 1. The van der Waals surface area contributed by atoms with E-state index in [1.165, 1.54) is 18.2 Å². The number of hydrogen-bond acceptors (Lipinski definition) is 2. The lowest BCUT2D eigenvalue weighted by atomic mass is 9.86. The van der Waals surface area contributed by atoms with Crippen molar-refractivity contribution in [1.82, 2.24) is 0 Å². The summed E-state index contributed by atoms with van der Waals surface area (Å²) in [6.07, 6.45) is 0.292. The Balaban J connectivity index is 2.48. The fourth-order valence-corrected chi connectivity index (χ4v) is 2.21.